The molecule has 5 aliphatic rings. The van der Waals surface area contributed by atoms with Crippen LogP contribution in [0.15, 0.2) is 104 Å². The molecular formula is C67H78ClN11O5. The number of para-hydroxylation sites is 2. The first-order valence-corrected chi connectivity index (χ1v) is 30.1. The number of carbonyl (C=O) groups is 2. The van der Waals surface area contributed by atoms with Crippen LogP contribution in [0.4, 0.5) is 38.4 Å². The van der Waals surface area contributed by atoms with Gasteiger partial charge >= 0.3 is 12.1 Å². The van der Waals surface area contributed by atoms with Crippen LogP contribution in [0.25, 0.3) is 0 Å². The normalized spacial score (nSPS) is 17.4. The highest BCUT2D eigenvalue weighted by atomic mass is 35.5. The number of amides is 4. The number of aromatic nitrogens is 5. The van der Waals surface area contributed by atoms with Gasteiger partial charge in [-0.3, -0.25) is 14.7 Å². The molecule has 438 valence electrons. The van der Waals surface area contributed by atoms with Gasteiger partial charge in [0.25, 0.3) is 0 Å². The summed E-state index contributed by atoms with van der Waals surface area (Å²) < 4.78 is 16.8. The van der Waals surface area contributed by atoms with Crippen LogP contribution in [-0.2, 0) is 37.1 Å². The van der Waals surface area contributed by atoms with E-state index in [0.29, 0.717) is 90.7 Å². The second kappa shape index (κ2) is 25.8. The Morgan fingerprint density at radius 1 is 0.595 bits per heavy atom. The largest absolute Gasteiger partial charge is 0.496 e. The summed E-state index contributed by atoms with van der Waals surface area (Å²) in [5.41, 5.74) is 12.8. The van der Waals surface area contributed by atoms with Crippen LogP contribution in [-0.4, -0.2) is 121 Å². The van der Waals surface area contributed by atoms with E-state index in [2.05, 4.69) is 98.2 Å². The number of halogens is 1. The number of carbonyl (C=O) groups excluding carboxylic acids is 2. The van der Waals surface area contributed by atoms with Crippen LogP contribution in [0.5, 0.6) is 11.5 Å². The van der Waals surface area contributed by atoms with Gasteiger partial charge in [-0.25, -0.2) is 39.4 Å². The van der Waals surface area contributed by atoms with Gasteiger partial charge in [0.2, 0.25) is 0 Å². The van der Waals surface area contributed by atoms with E-state index in [9.17, 15) is 9.59 Å². The highest BCUT2D eigenvalue weighted by Gasteiger charge is 2.40. The summed E-state index contributed by atoms with van der Waals surface area (Å²) in [5, 5.41) is 0.507. The first kappa shape index (κ1) is 58.3. The Morgan fingerprint density at radius 3 is 1.74 bits per heavy atom. The molecule has 16 nitrogen and oxygen atoms in total. The summed E-state index contributed by atoms with van der Waals surface area (Å²) in [5.74, 6) is 5.72. The lowest BCUT2D eigenvalue weighted by molar-refractivity contribution is 0.0854. The Kier molecular flexibility index (Phi) is 17.9. The van der Waals surface area contributed by atoms with E-state index in [1.165, 1.54) is 47.9 Å². The van der Waals surface area contributed by atoms with Crippen LogP contribution in [0.3, 0.4) is 0 Å². The van der Waals surface area contributed by atoms with E-state index < -0.39 is 0 Å². The van der Waals surface area contributed by atoms with E-state index in [-0.39, 0.29) is 18.1 Å². The number of piperidine rings is 2. The zero-order valence-electron chi connectivity index (χ0n) is 49.9. The molecule has 17 heteroatoms. The fourth-order valence-electron chi connectivity index (χ4n) is 12.8. The van der Waals surface area contributed by atoms with Crippen molar-refractivity contribution < 1.29 is 23.8 Å². The molecule has 0 spiro atoms. The molecule has 0 N–H and O–H groups in total. The Labute approximate surface area is 499 Å². The molecule has 0 radical (unpaired) electrons. The number of aryl methyl sites for hydroxylation is 4. The Morgan fingerprint density at radius 2 is 1.15 bits per heavy atom. The fraction of sp³-hybridized carbons (Fsp3) is 0.418. The Bertz CT molecular complexity index is 3460. The summed E-state index contributed by atoms with van der Waals surface area (Å²) in [7, 11) is 7.71. The third-order valence-electron chi connectivity index (χ3n) is 17.6. The number of fused-ring (bicyclic) bond motifs is 2. The summed E-state index contributed by atoms with van der Waals surface area (Å²) in [6.07, 6.45) is 13.7. The molecule has 4 aromatic carbocycles. The average Bonchev–Trinajstić information content (AvgIpc) is 2.10. The summed E-state index contributed by atoms with van der Waals surface area (Å²) in [4.78, 5) is 64.4. The number of hydrogen-bond acceptors (Lipinski definition) is 12. The standard InChI is InChI=1S/C34H37ClN6O2.C33H41N5O3/c1-5-23-17-25(24-13-15-39(3)16-14-24)9-10-26(23)18-30-36-19-27-21-40(32-22(2)7-6-8-29(32)35)34(42)41(33(27)38-30)31-12-11-28(43-4)20-37-31;1-22-6-5-7-23(2)31(22)37-21-27-20-34-30(35-32(27)38(33(37)39)28-12-16-41-17-13-28)19-26-9-8-25(18-29(26)40-4)24-10-14-36(3)15-11-24/h6-12,17,19-20,24H,5,13-16,18,21H2,1-4H3;5-9,18,20,24,28H,10-17,19,21H2,1-4H3. The number of benzene rings is 4. The number of likely N-dealkylation sites (tertiary alicyclic amines) is 2. The monoisotopic (exact) mass is 1150 g/mol. The number of urea groups is 2. The molecule has 5 aliphatic heterocycles. The number of hydrogen-bond donors (Lipinski definition) is 0. The number of rotatable bonds is 13. The number of pyridine rings is 1. The van der Waals surface area contributed by atoms with Gasteiger partial charge in [0, 0.05) is 61.2 Å². The highest BCUT2D eigenvalue weighted by molar-refractivity contribution is 6.34. The van der Waals surface area contributed by atoms with Crippen molar-refractivity contribution in [2.75, 3.05) is 87.3 Å². The second-order valence-electron chi connectivity index (χ2n) is 23.2. The van der Waals surface area contributed by atoms with E-state index in [1.807, 2.05) is 47.3 Å². The molecule has 3 fully saturated rings. The maximum atomic E-state index is 14.2. The van der Waals surface area contributed by atoms with Gasteiger partial charge in [-0.05, 0) is 181 Å². The Hall–Kier alpha value is -7.50. The van der Waals surface area contributed by atoms with Gasteiger partial charge < -0.3 is 24.0 Å². The Balaban J connectivity index is 0.000000176. The first-order chi connectivity index (χ1) is 40.8. The van der Waals surface area contributed by atoms with Crippen LogP contribution in [0.1, 0.15) is 125 Å². The van der Waals surface area contributed by atoms with Gasteiger partial charge in [-0.2, -0.15) is 0 Å². The molecule has 7 aromatic rings. The topological polar surface area (TPSA) is 146 Å². The fourth-order valence-corrected chi connectivity index (χ4v) is 13.1. The molecule has 8 heterocycles. The van der Waals surface area contributed by atoms with E-state index in [0.717, 1.165) is 96.1 Å². The number of anilines is 5. The van der Waals surface area contributed by atoms with Gasteiger partial charge in [0.1, 0.15) is 34.8 Å². The summed E-state index contributed by atoms with van der Waals surface area (Å²) >= 11 is 6.62. The first-order valence-electron chi connectivity index (χ1n) is 29.8. The van der Waals surface area contributed by atoms with E-state index in [4.69, 9.17) is 45.7 Å². The number of nitrogens with zero attached hydrogens (tertiary/aromatic N) is 11. The molecule has 3 saturated heterocycles. The zero-order valence-corrected chi connectivity index (χ0v) is 50.7. The third-order valence-corrected chi connectivity index (χ3v) is 18.0. The number of methoxy groups -OCH3 is 2. The van der Waals surface area contributed by atoms with Crippen molar-refractivity contribution >= 4 is 52.5 Å². The van der Waals surface area contributed by atoms with Crippen molar-refractivity contribution in [3.8, 4) is 11.5 Å². The maximum Gasteiger partial charge on any atom is 0.336 e. The molecule has 12 rings (SSSR count). The molecule has 0 aliphatic carbocycles. The smallest absolute Gasteiger partial charge is 0.336 e. The lowest BCUT2D eigenvalue weighted by Gasteiger charge is -2.42. The van der Waals surface area contributed by atoms with Gasteiger partial charge in [-0.15, -0.1) is 0 Å². The van der Waals surface area contributed by atoms with Gasteiger partial charge in [-0.1, -0.05) is 79.2 Å². The minimum Gasteiger partial charge on any atom is -0.496 e. The average molecular weight is 1150 g/mol. The minimum absolute atomic E-state index is 0.0217. The quantitative estimate of drug-likeness (QED) is 0.108. The van der Waals surface area contributed by atoms with Crippen molar-refractivity contribution in [2.45, 2.75) is 116 Å². The highest BCUT2D eigenvalue weighted by Crippen LogP contribution is 2.41. The molecule has 3 aromatic heterocycles. The van der Waals surface area contributed by atoms with Crippen molar-refractivity contribution in [3.63, 3.8) is 0 Å². The van der Waals surface area contributed by atoms with Crippen molar-refractivity contribution in [1.29, 1.82) is 0 Å². The van der Waals surface area contributed by atoms with Crippen molar-refractivity contribution in [3.05, 3.63) is 176 Å². The predicted octanol–water partition coefficient (Wildman–Crippen LogP) is 12.7. The van der Waals surface area contributed by atoms with Crippen LogP contribution >= 0.6 is 11.6 Å². The third kappa shape index (κ3) is 12.4. The molecule has 0 saturated carbocycles. The van der Waals surface area contributed by atoms with Crippen LogP contribution < -0.4 is 29.1 Å². The van der Waals surface area contributed by atoms with Crippen molar-refractivity contribution in [2.24, 2.45) is 0 Å². The lowest BCUT2D eigenvalue weighted by Crippen LogP contribution is -2.54. The van der Waals surface area contributed by atoms with Crippen LogP contribution in [0.2, 0.25) is 5.02 Å². The van der Waals surface area contributed by atoms with E-state index in [1.54, 1.807) is 48.4 Å². The lowest BCUT2D eigenvalue weighted by atomic mass is 9.87. The molecule has 0 atom stereocenters. The summed E-state index contributed by atoms with van der Waals surface area (Å²) in [6, 6.07) is 28.6. The molecule has 0 unspecified atom stereocenters. The minimum atomic E-state index is -0.275. The zero-order chi connectivity index (χ0) is 58.6. The number of ether oxygens (including phenoxy) is 3. The molecule has 4 amide bonds. The molecule has 0 bridgehead atoms. The van der Waals surface area contributed by atoms with E-state index >= 15 is 0 Å². The maximum absolute atomic E-state index is 14.2. The van der Waals surface area contributed by atoms with Gasteiger partial charge in [0.15, 0.2) is 5.82 Å². The SMILES string of the molecule is CCc1cc(C2CCN(C)CC2)ccc1Cc1ncc2c(n1)N(c1ccc(OC)cn1)C(=O)N(c1c(C)cccc1Cl)C2.COc1cc(C2CCN(C)CC2)ccc1Cc1ncc2c(n1)N(C1CCOCC1)C(=O)N(c1c(C)cccc1C)C2. The van der Waals surface area contributed by atoms with Gasteiger partial charge in [0.05, 0.1) is 49.9 Å². The molecule has 84 heavy (non-hydrogen) atoms. The molecular weight excluding hydrogens is 1070 g/mol. The van der Waals surface area contributed by atoms with Crippen molar-refractivity contribution in [1.82, 2.24) is 34.7 Å². The second-order valence-corrected chi connectivity index (χ2v) is 23.6. The summed E-state index contributed by atoms with van der Waals surface area (Å²) in [6.45, 7) is 14.9. The predicted molar refractivity (Wildman–Crippen MR) is 332 cm³/mol. The van der Waals surface area contributed by atoms with Crippen LogP contribution in [0, 0.1) is 20.8 Å².